The van der Waals surface area contributed by atoms with Gasteiger partial charge in [0.15, 0.2) is 0 Å². The number of fused-ring (bicyclic) bond motifs is 3. The van der Waals surface area contributed by atoms with Crippen LogP contribution in [0.1, 0.15) is 0 Å². The Morgan fingerprint density at radius 3 is 2.32 bits per heavy atom. The van der Waals surface area contributed by atoms with Crippen LogP contribution in [-0.2, 0) is 0 Å². The van der Waals surface area contributed by atoms with Crippen LogP contribution in [0.2, 0.25) is 0 Å². The summed E-state index contributed by atoms with van der Waals surface area (Å²) in [6, 6.07) is 20.5. The van der Waals surface area contributed by atoms with Gasteiger partial charge in [0, 0.05) is 10.9 Å². The fraction of sp³-hybridized carbons (Fsp3) is 0. The fourth-order valence-corrected chi connectivity index (χ4v) is 2.78. The van der Waals surface area contributed by atoms with Crippen LogP contribution in [0, 0.1) is 10.1 Å². The second-order valence-corrected chi connectivity index (χ2v) is 5.07. The van der Waals surface area contributed by atoms with Gasteiger partial charge in [0.1, 0.15) is 5.58 Å². The summed E-state index contributed by atoms with van der Waals surface area (Å²) in [6.45, 7) is 0. The molecule has 1 heterocycles. The molecule has 4 aromatic rings. The Morgan fingerprint density at radius 1 is 0.818 bits per heavy atom. The Kier molecular flexibility index (Phi) is 2.69. The minimum Gasteiger partial charge on any atom is -0.448 e. The van der Waals surface area contributed by atoms with Crippen LogP contribution in [0.15, 0.2) is 71.1 Å². The Balaban J connectivity index is 2.15. The average molecular weight is 289 g/mol. The number of hydrogen-bond acceptors (Lipinski definition) is 3. The van der Waals surface area contributed by atoms with Gasteiger partial charge in [-0.3, -0.25) is 10.1 Å². The van der Waals surface area contributed by atoms with Crippen molar-refractivity contribution < 1.29 is 9.34 Å². The van der Waals surface area contributed by atoms with Crippen molar-refractivity contribution >= 4 is 27.4 Å². The van der Waals surface area contributed by atoms with E-state index in [4.69, 9.17) is 4.42 Å². The first-order valence-electron chi connectivity index (χ1n) is 6.90. The molecule has 0 N–H and O–H groups in total. The van der Waals surface area contributed by atoms with E-state index in [0.717, 1.165) is 10.8 Å². The van der Waals surface area contributed by atoms with Gasteiger partial charge in [-0.25, -0.2) is 0 Å². The van der Waals surface area contributed by atoms with Crippen LogP contribution < -0.4 is 0 Å². The van der Waals surface area contributed by atoms with Crippen LogP contribution in [-0.4, -0.2) is 4.92 Å². The molecule has 0 fully saturated rings. The lowest BCUT2D eigenvalue weighted by Crippen LogP contribution is -1.88. The molecule has 3 aromatic carbocycles. The van der Waals surface area contributed by atoms with E-state index < -0.39 is 0 Å². The first-order chi connectivity index (χ1) is 10.8. The maximum absolute atomic E-state index is 11.6. The highest BCUT2D eigenvalue weighted by Gasteiger charge is 2.26. The van der Waals surface area contributed by atoms with Crippen LogP contribution in [0.3, 0.4) is 0 Å². The SMILES string of the molecule is O=[N+]([O-])c1c(-c2ccccc2)oc2c1ccc1ccccc12. The minimum absolute atomic E-state index is 0.0203. The lowest BCUT2D eigenvalue weighted by molar-refractivity contribution is -0.382. The van der Waals surface area contributed by atoms with E-state index in [0.29, 0.717) is 22.3 Å². The predicted octanol–water partition coefficient (Wildman–Crippen LogP) is 5.16. The topological polar surface area (TPSA) is 56.3 Å². The summed E-state index contributed by atoms with van der Waals surface area (Å²) in [6.07, 6.45) is 0. The first kappa shape index (κ1) is 12.6. The van der Waals surface area contributed by atoms with Crippen molar-refractivity contribution in [3.63, 3.8) is 0 Å². The molecular formula is C18H11NO3. The zero-order valence-electron chi connectivity index (χ0n) is 11.5. The van der Waals surface area contributed by atoms with E-state index in [-0.39, 0.29) is 10.6 Å². The van der Waals surface area contributed by atoms with Gasteiger partial charge in [-0.05, 0) is 11.5 Å². The third-order valence-corrected chi connectivity index (χ3v) is 3.77. The molecule has 0 saturated heterocycles. The quantitative estimate of drug-likeness (QED) is 0.378. The molecule has 0 amide bonds. The van der Waals surface area contributed by atoms with Crippen molar-refractivity contribution in [2.24, 2.45) is 0 Å². The van der Waals surface area contributed by atoms with Crippen LogP contribution in [0.5, 0.6) is 0 Å². The van der Waals surface area contributed by atoms with Gasteiger partial charge in [-0.15, -0.1) is 0 Å². The molecule has 0 aliphatic rings. The van der Waals surface area contributed by atoms with Crippen molar-refractivity contribution in [1.82, 2.24) is 0 Å². The van der Waals surface area contributed by atoms with E-state index in [1.165, 1.54) is 0 Å². The third-order valence-electron chi connectivity index (χ3n) is 3.77. The smallest absolute Gasteiger partial charge is 0.323 e. The lowest BCUT2D eigenvalue weighted by atomic mass is 10.1. The fourth-order valence-electron chi connectivity index (χ4n) is 2.78. The summed E-state index contributed by atoms with van der Waals surface area (Å²) in [4.78, 5) is 11.2. The van der Waals surface area contributed by atoms with Gasteiger partial charge in [0.25, 0.3) is 0 Å². The largest absolute Gasteiger partial charge is 0.448 e. The van der Waals surface area contributed by atoms with E-state index in [1.807, 2.05) is 60.7 Å². The van der Waals surface area contributed by atoms with Crippen molar-refractivity contribution in [2.45, 2.75) is 0 Å². The number of furan rings is 1. The number of nitro groups is 1. The van der Waals surface area contributed by atoms with E-state index >= 15 is 0 Å². The standard InChI is InChI=1S/C18H11NO3/c20-19(21)16-15-11-10-12-6-4-5-9-14(12)18(15)22-17(16)13-7-2-1-3-8-13/h1-11H. The van der Waals surface area contributed by atoms with Crippen LogP contribution in [0.4, 0.5) is 5.69 Å². The molecule has 0 aliphatic carbocycles. The third kappa shape index (κ3) is 1.78. The maximum atomic E-state index is 11.6. The number of hydrogen-bond donors (Lipinski definition) is 0. The lowest BCUT2D eigenvalue weighted by Gasteiger charge is -1.96. The van der Waals surface area contributed by atoms with Crippen LogP contribution >= 0.6 is 0 Å². The minimum atomic E-state index is -0.372. The molecule has 0 bridgehead atoms. The maximum Gasteiger partial charge on any atom is 0.323 e. The number of rotatable bonds is 2. The highest BCUT2D eigenvalue weighted by molar-refractivity contribution is 6.09. The van der Waals surface area contributed by atoms with Gasteiger partial charge in [-0.2, -0.15) is 0 Å². The van der Waals surface area contributed by atoms with Gasteiger partial charge < -0.3 is 4.42 Å². The summed E-state index contributed by atoms with van der Waals surface area (Å²) in [5.74, 6) is 0.303. The Hall–Kier alpha value is -3.14. The van der Waals surface area contributed by atoms with Crippen LogP contribution in [0.25, 0.3) is 33.1 Å². The molecule has 0 radical (unpaired) electrons. The van der Waals surface area contributed by atoms with Crippen molar-refractivity contribution in [3.8, 4) is 11.3 Å². The van der Waals surface area contributed by atoms with Crippen molar-refractivity contribution in [1.29, 1.82) is 0 Å². The normalized spacial score (nSPS) is 11.1. The molecule has 106 valence electrons. The van der Waals surface area contributed by atoms with Gasteiger partial charge >= 0.3 is 5.69 Å². The molecule has 4 heteroatoms. The molecular weight excluding hydrogens is 278 g/mol. The average Bonchev–Trinajstić information content (AvgIpc) is 2.96. The highest BCUT2D eigenvalue weighted by atomic mass is 16.6. The van der Waals surface area contributed by atoms with Crippen molar-refractivity contribution in [3.05, 3.63) is 76.8 Å². The first-order valence-corrected chi connectivity index (χ1v) is 6.90. The van der Waals surface area contributed by atoms with E-state index in [1.54, 1.807) is 6.07 Å². The number of benzene rings is 3. The molecule has 0 unspecified atom stereocenters. The molecule has 1 aromatic heterocycles. The summed E-state index contributed by atoms with van der Waals surface area (Å²) < 4.78 is 5.92. The molecule has 4 rings (SSSR count). The zero-order valence-corrected chi connectivity index (χ0v) is 11.5. The van der Waals surface area contributed by atoms with Gasteiger partial charge in [-0.1, -0.05) is 60.7 Å². The Morgan fingerprint density at radius 2 is 1.55 bits per heavy atom. The molecule has 0 atom stereocenters. The molecule has 22 heavy (non-hydrogen) atoms. The molecule has 0 spiro atoms. The summed E-state index contributed by atoms with van der Waals surface area (Å²) in [5, 5.41) is 14.0. The molecule has 0 aliphatic heterocycles. The zero-order chi connectivity index (χ0) is 15.1. The number of nitrogens with zero attached hydrogens (tertiary/aromatic N) is 1. The summed E-state index contributed by atoms with van der Waals surface area (Å²) >= 11 is 0. The molecule has 4 nitrogen and oxygen atoms in total. The highest BCUT2D eigenvalue weighted by Crippen LogP contribution is 2.41. The summed E-state index contributed by atoms with van der Waals surface area (Å²) in [7, 11) is 0. The summed E-state index contributed by atoms with van der Waals surface area (Å²) in [5.41, 5.74) is 1.28. The van der Waals surface area contributed by atoms with Gasteiger partial charge in [0.05, 0.1) is 10.3 Å². The Bertz CT molecular complexity index is 1000. The van der Waals surface area contributed by atoms with Crippen molar-refractivity contribution in [2.75, 3.05) is 0 Å². The van der Waals surface area contributed by atoms with Gasteiger partial charge in [0.2, 0.25) is 5.76 Å². The Labute approximate surface area is 125 Å². The van der Waals surface area contributed by atoms with E-state index in [9.17, 15) is 10.1 Å². The second kappa shape index (κ2) is 4.70. The monoisotopic (exact) mass is 289 g/mol. The second-order valence-electron chi connectivity index (χ2n) is 5.07. The molecule has 0 saturated carbocycles. The predicted molar refractivity (Wildman–Crippen MR) is 85.8 cm³/mol. The van der Waals surface area contributed by atoms with E-state index in [2.05, 4.69) is 0 Å².